The molecule has 4 nitrogen and oxygen atoms in total. The summed E-state index contributed by atoms with van der Waals surface area (Å²) < 4.78 is 0. The highest BCUT2D eigenvalue weighted by molar-refractivity contribution is 7.09. The highest BCUT2D eigenvalue weighted by Crippen LogP contribution is 2.70. The van der Waals surface area contributed by atoms with Crippen molar-refractivity contribution in [1.82, 2.24) is 4.98 Å². The van der Waals surface area contributed by atoms with Gasteiger partial charge >= 0.3 is 0 Å². The van der Waals surface area contributed by atoms with Crippen molar-refractivity contribution >= 4 is 11.3 Å². The number of hydrogen-bond acceptors (Lipinski definition) is 5. The van der Waals surface area contributed by atoms with Crippen LogP contribution < -0.4 is 0 Å². The smallest absolute Gasteiger partial charge is 0.125 e. The van der Waals surface area contributed by atoms with E-state index in [0.29, 0.717) is 18.8 Å². The van der Waals surface area contributed by atoms with Gasteiger partial charge in [-0.15, -0.1) is 11.3 Å². The monoisotopic (exact) mass is 389 g/mol. The summed E-state index contributed by atoms with van der Waals surface area (Å²) in [5.74, 6) is 0.607. The molecule has 3 saturated carbocycles. The van der Waals surface area contributed by atoms with Crippen LogP contribution in [0.1, 0.15) is 70.2 Å². The van der Waals surface area contributed by atoms with Gasteiger partial charge in [0.2, 0.25) is 0 Å². The molecule has 148 valence electrons. The number of aliphatic hydroxyl groups is 3. The number of aliphatic hydroxyl groups excluding tert-OH is 1. The number of nitrogens with zero attached hydrogens (tertiary/aromatic N) is 1. The Morgan fingerprint density at radius 3 is 2.63 bits per heavy atom. The lowest BCUT2D eigenvalue weighted by Crippen LogP contribution is -2.63. The maximum absolute atomic E-state index is 12.1. The van der Waals surface area contributed by atoms with Crippen LogP contribution in [0.3, 0.4) is 0 Å². The van der Waals surface area contributed by atoms with E-state index in [0.717, 1.165) is 43.5 Å². The van der Waals surface area contributed by atoms with E-state index in [-0.39, 0.29) is 17.4 Å². The van der Waals surface area contributed by atoms with Gasteiger partial charge in [0.15, 0.2) is 0 Å². The van der Waals surface area contributed by atoms with Crippen LogP contribution in [0, 0.1) is 22.7 Å². The fourth-order valence-corrected chi connectivity index (χ4v) is 8.29. The van der Waals surface area contributed by atoms with Crippen molar-refractivity contribution in [2.75, 3.05) is 0 Å². The summed E-state index contributed by atoms with van der Waals surface area (Å²) in [6, 6.07) is 0. The summed E-state index contributed by atoms with van der Waals surface area (Å²) in [7, 11) is 0. The fraction of sp³-hybridized carbons (Fsp3) is 0.773. The zero-order valence-electron chi connectivity index (χ0n) is 16.3. The average molecular weight is 390 g/mol. The van der Waals surface area contributed by atoms with Crippen LogP contribution in [-0.2, 0) is 5.60 Å². The Morgan fingerprint density at radius 1 is 1.07 bits per heavy atom. The summed E-state index contributed by atoms with van der Waals surface area (Å²) in [6.45, 7) is 4.46. The van der Waals surface area contributed by atoms with Crippen LogP contribution >= 0.6 is 11.3 Å². The van der Waals surface area contributed by atoms with Gasteiger partial charge in [0.25, 0.3) is 0 Å². The number of thiazole rings is 1. The van der Waals surface area contributed by atoms with Gasteiger partial charge in [0.1, 0.15) is 10.6 Å². The van der Waals surface area contributed by atoms with Crippen molar-refractivity contribution < 1.29 is 15.3 Å². The first-order chi connectivity index (χ1) is 12.7. The Bertz CT molecular complexity index is 779. The van der Waals surface area contributed by atoms with Crippen LogP contribution in [0.15, 0.2) is 23.2 Å². The molecule has 27 heavy (non-hydrogen) atoms. The molecule has 3 fully saturated rings. The van der Waals surface area contributed by atoms with E-state index < -0.39 is 16.6 Å². The quantitative estimate of drug-likeness (QED) is 0.639. The maximum atomic E-state index is 12.1. The first kappa shape index (κ1) is 18.3. The van der Waals surface area contributed by atoms with Gasteiger partial charge in [-0.1, -0.05) is 25.5 Å². The van der Waals surface area contributed by atoms with Crippen molar-refractivity contribution in [2.24, 2.45) is 22.7 Å². The molecule has 7 atom stereocenters. The van der Waals surface area contributed by atoms with E-state index in [1.807, 2.05) is 5.38 Å². The number of allylic oxidation sites excluding steroid dienone is 1. The lowest BCUT2D eigenvalue weighted by molar-refractivity contribution is -0.218. The zero-order chi connectivity index (χ0) is 19.1. The SMILES string of the molecule is C[C@]12CC[C@H]3[C@@H](CC=C4C[C@@H](O)CC[C@@]43C)[C@@]1(O)CC[C@]2(O)c1nccs1. The standard InChI is InChI=1S/C22H31NO3S/c1-19-7-5-15(24)13-14(19)3-4-17-16(19)6-8-20(2)21(17,25)9-10-22(20,26)18-23-11-12-27-18/h3,11-12,15-17,24-26H,4-10,13H2,1-2H3/t15-,16-,17+,19-,20-,21-,22-/m0/s1. The highest BCUT2D eigenvalue weighted by Gasteiger charge is 2.72. The summed E-state index contributed by atoms with van der Waals surface area (Å²) in [4.78, 5) is 4.45. The molecule has 0 bridgehead atoms. The number of hydrogen-bond donors (Lipinski definition) is 3. The second kappa shape index (κ2) is 5.65. The van der Waals surface area contributed by atoms with Crippen molar-refractivity contribution in [3.8, 4) is 0 Å². The third-order valence-corrected chi connectivity index (χ3v) is 10.1. The molecule has 0 aliphatic heterocycles. The van der Waals surface area contributed by atoms with Gasteiger partial charge in [-0.3, -0.25) is 0 Å². The normalized spacial score (nSPS) is 51.9. The van der Waals surface area contributed by atoms with Crippen LogP contribution in [-0.4, -0.2) is 32.0 Å². The molecule has 0 saturated heterocycles. The highest BCUT2D eigenvalue weighted by atomic mass is 32.1. The van der Waals surface area contributed by atoms with Gasteiger partial charge in [0.05, 0.1) is 11.7 Å². The van der Waals surface area contributed by atoms with E-state index in [1.165, 1.54) is 16.9 Å². The number of rotatable bonds is 1. The van der Waals surface area contributed by atoms with Crippen molar-refractivity contribution in [3.05, 3.63) is 28.2 Å². The van der Waals surface area contributed by atoms with E-state index in [2.05, 4.69) is 24.9 Å². The molecular formula is C22H31NO3S. The molecule has 4 aliphatic carbocycles. The van der Waals surface area contributed by atoms with Crippen molar-refractivity contribution in [1.29, 1.82) is 0 Å². The summed E-state index contributed by atoms with van der Waals surface area (Å²) >= 11 is 1.51. The van der Waals surface area contributed by atoms with Gasteiger partial charge in [-0.25, -0.2) is 4.98 Å². The minimum atomic E-state index is -1.03. The predicted octanol–water partition coefficient (Wildman–Crippen LogP) is 3.77. The molecule has 0 aromatic carbocycles. The topological polar surface area (TPSA) is 73.6 Å². The molecule has 1 aromatic heterocycles. The molecule has 5 rings (SSSR count). The third kappa shape index (κ3) is 2.12. The summed E-state index contributed by atoms with van der Waals surface area (Å²) in [6.07, 6.45) is 10.5. The molecule has 0 unspecified atom stereocenters. The zero-order valence-corrected chi connectivity index (χ0v) is 17.1. The van der Waals surface area contributed by atoms with Gasteiger partial charge in [-0.05, 0) is 68.6 Å². The first-order valence-corrected chi connectivity index (χ1v) is 11.3. The fourth-order valence-electron chi connectivity index (χ4n) is 7.40. The molecule has 0 amide bonds. The van der Waals surface area contributed by atoms with Crippen LogP contribution in [0.2, 0.25) is 0 Å². The summed E-state index contributed by atoms with van der Waals surface area (Å²) in [5, 5.41) is 36.7. The Kier molecular flexibility index (Phi) is 3.83. The molecular weight excluding hydrogens is 358 g/mol. The Balaban J connectivity index is 1.56. The van der Waals surface area contributed by atoms with E-state index in [9.17, 15) is 15.3 Å². The molecule has 5 heteroatoms. The van der Waals surface area contributed by atoms with E-state index >= 15 is 0 Å². The second-order valence-electron chi connectivity index (χ2n) is 9.98. The Labute approximate surface area is 165 Å². The molecule has 1 aromatic rings. The molecule has 3 N–H and O–H groups in total. The third-order valence-electron chi connectivity index (χ3n) is 9.20. The van der Waals surface area contributed by atoms with Crippen molar-refractivity contribution in [2.45, 2.75) is 82.5 Å². The van der Waals surface area contributed by atoms with Gasteiger partial charge in [-0.2, -0.15) is 0 Å². The van der Waals surface area contributed by atoms with E-state index in [1.54, 1.807) is 6.20 Å². The molecule has 4 aliphatic rings. The first-order valence-electron chi connectivity index (χ1n) is 10.5. The minimum absolute atomic E-state index is 0.0844. The number of fused-ring (bicyclic) bond motifs is 5. The van der Waals surface area contributed by atoms with Gasteiger partial charge in [0, 0.05) is 17.0 Å². The Morgan fingerprint density at radius 2 is 1.89 bits per heavy atom. The summed E-state index contributed by atoms with van der Waals surface area (Å²) in [5.41, 5.74) is -0.968. The van der Waals surface area contributed by atoms with Crippen LogP contribution in [0.5, 0.6) is 0 Å². The van der Waals surface area contributed by atoms with Crippen LogP contribution in [0.4, 0.5) is 0 Å². The maximum Gasteiger partial charge on any atom is 0.125 e. The Hall–Kier alpha value is -0.750. The largest absolute Gasteiger partial charge is 0.393 e. The number of aromatic nitrogens is 1. The average Bonchev–Trinajstić information content (AvgIpc) is 3.24. The lowest BCUT2D eigenvalue weighted by Gasteiger charge is -2.61. The molecule has 1 heterocycles. The van der Waals surface area contributed by atoms with Crippen molar-refractivity contribution in [3.63, 3.8) is 0 Å². The van der Waals surface area contributed by atoms with Gasteiger partial charge < -0.3 is 15.3 Å². The molecule has 0 radical (unpaired) electrons. The predicted molar refractivity (Wildman–Crippen MR) is 105 cm³/mol. The molecule has 0 spiro atoms. The minimum Gasteiger partial charge on any atom is -0.393 e. The second-order valence-corrected chi connectivity index (χ2v) is 10.9. The van der Waals surface area contributed by atoms with E-state index in [4.69, 9.17) is 0 Å². The van der Waals surface area contributed by atoms with Crippen LogP contribution in [0.25, 0.3) is 0 Å². The lowest BCUT2D eigenvalue weighted by atomic mass is 9.45.